The monoisotopic (exact) mass is 389 g/mol. The average Bonchev–Trinajstić information content (AvgIpc) is 2.42. The topological polar surface area (TPSA) is 61.4 Å². The fraction of sp³-hybridized carbons (Fsp3) is 0.538. The molecule has 0 aliphatic carbocycles. The van der Waals surface area contributed by atoms with Gasteiger partial charge in [-0.05, 0) is 24.6 Å². The molecular formula is C13H22Cl3N3O2S. The van der Waals surface area contributed by atoms with Crippen molar-refractivity contribution in [1.29, 1.82) is 0 Å². The lowest BCUT2D eigenvalue weighted by molar-refractivity contribution is 0.245. The maximum Gasteiger partial charge on any atom is 0.240 e. The van der Waals surface area contributed by atoms with Crippen molar-refractivity contribution in [2.75, 3.05) is 39.3 Å². The summed E-state index contributed by atoms with van der Waals surface area (Å²) in [4.78, 5) is 2.49. The van der Waals surface area contributed by atoms with Crippen LogP contribution in [0.2, 0.25) is 5.02 Å². The summed E-state index contributed by atoms with van der Waals surface area (Å²) < 4.78 is 27.1. The number of hydrogen-bond donors (Lipinski definition) is 2. The van der Waals surface area contributed by atoms with E-state index in [2.05, 4.69) is 14.9 Å². The molecule has 0 spiro atoms. The average molecular weight is 391 g/mol. The number of aryl methyl sites for hydroxylation is 1. The molecule has 1 aliphatic heterocycles. The maximum absolute atomic E-state index is 12.2. The number of sulfonamides is 1. The minimum atomic E-state index is -3.49. The molecule has 1 saturated heterocycles. The Bertz CT molecular complexity index is 564. The van der Waals surface area contributed by atoms with Crippen LogP contribution in [-0.2, 0) is 10.0 Å². The summed E-state index contributed by atoms with van der Waals surface area (Å²) in [6, 6.07) is 4.90. The summed E-state index contributed by atoms with van der Waals surface area (Å²) in [6.07, 6.45) is 0. The first-order valence-corrected chi connectivity index (χ1v) is 8.54. The molecule has 1 aromatic carbocycles. The normalized spacial score (nSPS) is 15.7. The van der Waals surface area contributed by atoms with Gasteiger partial charge in [0.2, 0.25) is 10.0 Å². The third-order valence-electron chi connectivity index (χ3n) is 3.37. The van der Waals surface area contributed by atoms with Gasteiger partial charge in [0.05, 0.1) is 4.90 Å². The number of nitrogens with zero attached hydrogens (tertiary/aromatic N) is 1. The van der Waals surface area contributed by atoms with Gasteiger partial charge in [0.25, 0.3) is 0 Å². The Balaban J connectivity index is 0.00000220. The summed E-state index contributed by atoms with van der Waals surface area (Å²) in [5.74, 6) is 0. The van der Waals surface area contributed by atoms with Gasteiger partial charge in [-0.25, -0.2) is 13.1 Å². The zero-order valence-electron chi connectivity index (χ0n) is 12.3. The molecule has 0 bridgehead atoms. The summed E-state index contributed by atoms with van der Waals surface area (Å²) in [6.45, 7) is 6.73. The minimum Gasteiger partial charge on any atom is -0.314 e. The van der Waals surface area contributed by atoms with Gasteiger partial charge in [-0.15, -0.1) is 24.8 Å². The van der Waals surface area contributed by atoms with Crippen molar-refractivity contribution < 1.29 is 8.42 Å². The largest absolute Gasteiger partial charge is 0.314 e. The van der Waals surface area contributed by atoms with Crippen LogP contribution in [0.3, 0.4) is 0 Å². The van der Waals surface area contributed by atoms with E-state index in [1.807, 2.05) is 0 Å². The van der Waals surface area contributed by atoms with Crippen molar-refractivity contribution in [3.05, 3.63) is 28.8 Å². The predicted molar refractivity (Wildman–Crippen MR) is 95.2 cm³/mol. The molecule has 0 aromatic heterocycles. The van der Waals surface area contributed by atoms with Gasteiger partial charge in [0.1, 0.15) is 0 Å². The van der Waals surface area contributed by atoms with Crippen LogP contribution in [0.15, 0.2) is 23.1 Å². The fourth-order valence-corrected chi connectivity index (χ4v) is 3.74. The van der Waals surface area contributed by atoms with Crippen LogP contribution < -0.4 is 10.0 Å². The second-order valence-electron chi connectivity index (χ2n) is 4.90. The third kappa shape index (κ3) is 6.20. The van der Waals surface area contributed by atoms with Crippen LogP contribution in [0.4, 0.5) is 0 Å². The molecular weight excluding hydrogens is 369 g/mol. The molecule has 2 rings (SSSR count). The highest BCUT2D eigenvalue weighted by molar-refractivity contribution is 7.89. The Kier molecular flexibility index (Phi) is 9.89. The molecule has 0 unspecified atom stereocenters. The highest BCUT2D eigenvalue weighted by Gasteiger charge is 2.17. The quantitative estimate of drug-likeness (QED) is 0.803. The van der Waals surface area contributed by atoms with Crippen LogP contribution >= 0.6 is 36.4 Å². The number of nitrogens with one attached hydrogen (secondary N) is 2. The highest BCUT2D eigenvalue weighted by atomic mass is 35.5. The first kappa shape index (κ1) is 21.9. The van der Waals surface area contributed by atoms with Crippen LogP contribution in [0, 0.1) is 6.92 Å². The Hall–Kier alpha value is -0.0800. The third-order valence-corrected chi connectivity index (χ3v) is 5.21. The number of hydrogen-bond acceptors (Lipinski definition) is 4. The van der Waals surface area contributed by atoms with E-state index in [-0.39, 0.29) is 29.7 Å². The molecule has 1 aromatic rings. The van der Waals surface area contributed by atoms with Crippen molar-refractivity contribution >= 4 is 46.4 Å². The summed E-state index contributed by atoms with van der Waals surface area (Å²) in [5.41, 5.74) is 0.698. The lowest BCUT2D eigenvalue weighted by atomic mass is 10.2. The predicted octanol–water partition coefficient (Wildman–Crippen LogP) is 1.68. The van der Waals surface area contributed by atoms with Crippen molar-refractivity contribution in [3.63, 3.8) is 0 Å². The zero-order chi connectivity index (χ0) is 14.6. The van der Waals surface area contributed by atoms with Gasteiger partial charge in [0, 0.05) is 44.3 Å². The summed E-state index contributed by atoms with van der Waals surface area (Å²) >= 11 is 5.87. The standard InChI is InChI=1S/C13H20ClN3O2S.2ClH/c1-11-2-3-12(14)10-13(11)20(18,19)16-6-9-17-7-4-15-5-8-17;;/h2-3,10,15-16H,4-9H2,1H3;2*1H. The van der Waals surface area contributed by atoms with Crippen molar-refractivity contribution in [2.24, 2.45) is 0 Å². The van der Waals surface area contributed by atoms with E-state index in [0.29, 0.717) is 17.1 Å². The molecule has 22 heavy (non-hydrogen) atoms. The molecule has 5 nitrogen and oxygen atoms in total. The molecule has 1 aliphatic rings. The highest BCUT2D eigenvalue weighted by Crippen LogP contribution is 2.19. The molecule has 2 N–H and O–H groups in total. The summed E-state index contributed by atoms with van der Waals surface area (Å²) in [5, 5.41) is 3.69. The molecule has 128 valence electrons. The van der Waals surface area contributed by atoms with Crippen LogP contribution in [0.25, 0.3) is 0 Å². The first-order chi connectivity index (χ1) is 9.49. The maximum atomic E-state index is 12.2. The van der Waals surface area contributed by atoms with E-state index in [9.17, 15) is 8.42 Å². The molecule has 0 radical (unpaired) electrons. The van der Waals surface area contributed by atoms with Gasteiger partial charge in [0.15, 0.2) is 0 Å². The van der Waals surface area contributed by atoms with Crippen molar-refractivity contribution in [3.8, 4) is 0 Å². The van der Waals surface area contributed by atoms with E-state index >= 15 is 0 Å². The number of halogens is 3. The molecule has 0 atom stereocenters. The van der Waals surface area contributed by atoms with Crippen molar-refractivity contribution in [1.82, 2.24) is 14.9 Å². The molecule has 1 heterocycles. The Labute approximate surface area is 149 Å². The minimum absolute atomic E-state index is 0. The lowest BCUT2D eigenvalue weighted by Gasteiger charge is -2.27. The van der Waals surface area contributed by atoms with E-state index in [1.165, 1.54) is 6.07 Å². The number of benzene rings is 1. The molecule has 0 amide bonds. The SMILES string of the molecule is Cc1ccc(Cl)cc1S(=O)(=O)NCCN1CCNCC1.Cl.Cl. The zero-order valence-corrected chi connectivity index (χ0v) is 15.5. The van der Waals surface area contributed by atoms with E-state index in [0.717, 1.165) is 32.7 Å². The Morgan fingerprint density at radius 1 is 1.27 bits per heavy atom. The van der Waals surface area contributed by atoms with Gasteiger partial charge in [-0.3, -0.25) is 4.90 Å². The molecule has 1 fully saturated rings. The fourth-order valence-electron chi connectivity index (χ4n) is 2.21. The number of rotatable bonds is 5. The second-order valence-corrected chi connectivity index (χ2v) is 7.07. The van der Waals surface area contributed by atoms with Gasteiger partial charge in [-0.1, -0.05) is 17.7 Å². The number of piperazine rings is 1. The summed E-state index contributed by atoms with van der Waals surface area (Å²) in [7, 11) is -3.49. The van der Waals surface area contributed by atoms with Gasteiger partial charge in [-0.2, -0.15) is 0 Å². The lowest BCUT2D eigenvalue weighted by Crippen LogP contribution is -2.46. The molecule has 0 saturated carbocycles. The van der Waals surface area contributed by atoms with E-state index in [1.54, 1.807) is 19.1 Å². The van der Waals surface area contributed by atoms with Crippen LogP contribution in [0.1, 0.15) is 5.56 Å². The molecule has 9 heteroatoms. The van der Waals surface area contributed by atoms with Crippen LogP contribution in [0.5, 0.6) is 0 Å². The first-order valence-electron chi connectivity index (χ1n) is 6.68. The van der Waals surface area contributed by atoms with Crippen molar-refractivity contribution in [2.45, 2.75) is 11.8 Å². The Morgan fingerprint density at radius 3 is 2.55 bits per heavy atom. The van der Waals surface area contributed by atoms with Crippen LogP contribution in [-0.4, -0.2) is 52.6 Å². The van der Waals surface area contributed by atoms with E-state index in [4.69, 9.17) is 11.6 Å². The Morgan fingerprint density at radius 2 is 1.91 bits per heavy atom. The second kappa shape index (κ2) is 9.93. The van der Waals surface area contributed by atoms with E-state index < -0.39 is 10.0 Å². The van der Waals surface area contributed by atoms with Gasteiger partial charge >= 0.3 is 0 Å². The smallest absolute Gasteiger partial charge is 0.240 e. The van der Waals surface area contributed by atoms with Gasteiger partial charge < -0.3 is 5.32 Å².